The van der Waals surface area contributed by atoms with Gasteiger partial charge in [0.1, 0.15) is 12.2 Å². The summed E-state index contributed by atoms with van der Waals surface area (Å²) in [6.07, 6.45) is -1.67. The SMILES string of the molecule is Cc1ccc2c(c1)C(O)C(O)c1ccccc1-2. The van der Waals surface area contributed by atoms with Crippen molar-refractivity contribution in [3.8, 4) is 11.1 Å². The Hall–Kier alpha value is -1.64. The van der Waals surface area contributed by atoms with Crippen molar-refractivity contribution in [2.24, 2.45) is 0 Å². The number of aliphatic hydroxyl groups is 2. The van der Waals surface area contributed by atoms with Gasteiger partial charge in [-0.3, -0.25) is 0 Å². The fourth-order valence-corrected chi connectivity index (χ4v) is 2.51. The normalized spacial score (nSPS) is 21.8. The van der Waals surface area contributed by atoms with E-state index in [1.807, 2.05) is 49.4 Å². The molecule has 86 valence electrons. The van der Waals surface area contributed by atoms with E-state index in [0.717, 1.165) is 27.8 Å². The lowest BCUT2D eigenvalue weighted by atomic mass is 9.81. The van der Waals surface area contributed by atoms with E-state index < -0.39 is 12.2 Å². The van der Waals surface area contributed by atoms with Crippen LogP contribution in [0.1, 0.15) is 28.9 Å². The topological polar surface area (TPSA) is 40.5 Å². The Morgan fingerprint density at radius 2 is 1.47 bits per heavy atom. The van der Waals surface area contributed by atoms with E-state index in [0.29, 0.717) is 0 Å². The first-order valence-corrected chi connectivity index (χ1v) is 5.74. The van der Waals surface area contributed by atoms with Crippen LogP contribution in [0.15, 0.2) is 42.5 Å². The van der Waals surface area contributed by atoms with Gasteiger partial charge < -0.3 is 10.2 Å². The molecule has 2 N–H and O–H groups in total. The zero-order valence-electron chi connectivity index (χ0n) is 9.59. The lowest BCUT2D eigenvalue weighted by Gasteiger charge is -2.29. The molecule has 2 aromatic carbocycles. The Morgan fingerprint density at radius 1 is 0.824 bits per heavy atom. The molecule has 2 nitrogen and oxygen atoms in total. The summed E-state index contributed by atoms with van der Waals surface area (Å²) in [6.45, 7) is 1.99. The third-order valence-corrected chi connectivity index (χ3v) is 3.39. The molecule has 17 heavy (non-hydrogen) atoms. The maximum absolute atomic E-state index is 10.2. The molecule has 0 bridgehead atoms. The third-order valence-electron chi connectivity index (χ3n) is 3.39. The van der Waals surface area contributed by atoms with Crippen LogP contribution in [-0.2, 0) is 0 Å². The number of aryl methyl sites for hydroxylation is 1. The Morgan fingerprint density at radius 3 is 2.29 bits per heavy atom. The van der Waals surface area contributed by atoms with Crippen molar-refractivity contribution >= 4 is 0 Å². The standard InChI is InChI=1S/C15H14O2/c1-9-6-7-11-10-4-2-3-5-12(10)14(16)15(17)13(11)8-9/h2-8,14-17H,1H3. The fraction of sp³-hybridized carbons (Fsp3) is 0.200. The minimum absolute atomic E-state index is 0.802. The van der Waals surface area contributed by atoms with Gasteiger partial charge in [-0.25, -0.2) is 0 Å². The lowest BCUT2D eigenvalue weighted by molar-refractivity contribution is 0.0158. The highest BCUT2D eigenvalue weighted by Crippen LogP contribution is 2.44. The van der Waals surface area contributed by atoms with E-state index in [1.54, 1.807) is 0 Å². The van der Waals surface area contributed by atoms with Gasteiger partial charge in [-0.2, -0.15) is 0 Å². The summed E-state index contributed by atoms with van der Waals surface area (Å²) >= 11 is 0. The molecule has 0 aliphatic heterocycles. The molecule has 0 saturated heterocycles. The lowest BCUT2D eigenvalue weighted by Crippen LogP contribution is -2.17. The first-order chi connectivity index (χ1) is 8.18. The summed E-state index contributed by atoms with van der Waals surface area (Å²) < 4.78 is 0. The number of hydrogen-bond acceptors (Lipinski definition) is 2. The molecule has 0 amide bonds. The average Bonchev–Trinajstić information content (AvgIpc) is 2.36. The minimum Gasteiger partial charge on any atom is -0.385 e. The highest BCUT2D eigenvalue weighted by atomic mass is 16.3. The van der Waals surface area contributed by atoms with Gasteiger partial charge in [0.2, 0.25) is 0 Å². The quantitative estimate of drug-likeness (QED) is 0.725. The molecular weight excluding hydrogens is 212 g/mol. The molecule has 0 aromatic heterocycles. The van der Waals surface area contributed by atoms with Crippen LogP contribution in [0.3, 0.4) is 0 Å². The van der Waals surface area contributed by atoms with Crippen LogP contribution in [0.4, 0.5) is 0 Å². The fourth-order valence-electron chi connectivity index (χ4n) is 2.51. The predicted octanol–water partition coefficient (Wildman–Crippen LogP) is 2.74. The molecule has 0 saturated carbocycles. The zero-order chi connectivity index (χ0) is 12.0. The van der Waals surface area contributed by atoms with Gasteiger partial charge >= 0.3 is 0 Å². The van der Waals surface area contributed by atoms with E-state index in [2.05, 4.69) is 0 Å². The molecule has 2 aromatic rings. The van der Waals surface area contributed by atoms with Crippen molar-refractivity contribution < 1.29 is 10.2 Å². The average molecular weight is 226 g/mol. The molecule has 0 heterocycles. The molecular formula is C15H14O2. The van der Waals surface area contributed by atoms with Crippen molar-refractivity contribution in [1.82, 2.24) is 0 Å². The Labute approximate surface area is 100 Å². The molecule has 2 atom stereocenters. The van der Waals surface area contributed by atoms with Crippen molar-refractivity contribution in [2.75, 3.05) is 0 Å². The van der Waals surface area contributed by atoms with Crippen molar-refractivity contribution in [3.05, 3.63) is 59.2 Å². The van der Waals surface area contributed by atoms with Crippen molar-refractivity contribution in [2.45, 2.75) is 19.1 Å². The molecule has 0 radical (unpaired) electrons. The summed E-state index contributed by atoms with van der Waals surface area (Å²) in [6, 6.07) is 13.7. The van der Waals surface area contributed by atoms with Crippen LogP contribution in [0.2, 0.25) is 0 Å². The van der Waals surface area contributed by atoms with Gasteiger partial charge in [0.05, 0.1) is 0 Å². The summed E-state index contributed by atoms with van der Waals surface area (Å²) in [5, 5.41) is 20.3. The van der Waals surface area contributed by atoms with Crippen molar-refractivity contribution in [3.63, 3.8) is 0 Å². The monoisotopic (exact) mass is 226 g/mol. The zero-order valence-corrected chi connectivity index (χ0v) is 9.59. The van der Waals surface area contributed by atoms with Crippen LogP contribution in [0.5, 0.6) is 0 Å². The molecule has 0 spiro atoms. The first kappa shape index (κ1) is 10.5. The van der Waals surface area contributed by atoms with Crippen LogP contribution >= 0.6 is 0 Å². The molecule has 0 fully saturated rings. The van der Waals surface area contributed by atoms with Crippen LogP contribution in [0, 0.1) is 6.92 Å². The third kappa shape index (κ3) is 1.49. The number of hydrogen-bond donors (Lipinski definition) is 2. The predicted molar refractivity (Wildman–Crippen MR) is 66.5 cm³/mol. The Bertz CT molecular complexity index is 575. The molecule has 1 aliphatic rings. The summed E-state index contributed by atoms with van der Waals surface area (Å²) in [5.41, 5.74) is 4.74. The van der Waals surface area contributed by atoms with E-state index in [-0.39, 0.29) is 0 Å². The largest absolute Gasteiger partial charge is 0.385 e. The second-order valence-electron chi connectivity index (χ2n) is 4.57. The van der Waals surface area contributed by atoms with E-state index in [1.165, 1.54) is 0 Å². The first-order valence-electron chi connectivity index (χ1n) is 5.74. The smallest absolute Gasteiger partial charge is 0.110 e. The highest BCUT2D eigenvalue weighted by Gasteiger charge is 2.30. The van der Waals surface area contributed by atoms with E-state index in [4.69, 9.17) is 0 Å². The maximum Gasteiger partial charge on any atom is 0.110 e. The Kier molecular flexibility index (Phi) is 2.28. The number of aliphatic hydroxyl groups excluding tert-OH is 2. The summed E-state index contributed by atoms with van der Waals surface area (Å²) in [4.78, 5) is 0. The van der Waals surface area contributed by atoms with Gasteiger partial charge in [0.15, 0.2) is 0 Å². The molecule has 1 aliphatic carbocycles. The van der Waals surface area contributed by atoms with Crippen LogP contribution < -0.4 is 0 Å². The van der Waals surface area contributed by atoms with Gasteiger partial charge in [0.25, 0.3) is 0 Å². The van der Waals surface area contributed by atoms with Crippen molar-refractivity contribution in [1.29, 1.82) is 0 Å². The van der Waals surface area contributed by atoms with E-state index in [9.17, 15) is 10.2 Å². The van der Waals surface area contributed by atoms with Gasteiger partial charge in [0, 0.05) is 0 Å². The van der Waals surface area contributed by atoms with Gasteiger partial charge in [-0.05, 0) is 29.2 Å². The number of fused-ring (bicyclic) bond motifs is 3. The van der Waals surface area contributed by atoms with Gasteiger partial charge in [-0.15, -0.1) is 0 Å². The maximum atomic E-state index is 10.2. The Balaban J connectivity index is 2.32. The number of benzene rings is 2. The van der Waals surface area contributed by atoms with Crippen LogP contribution in [-0.4, -0.2) is 10.2 Å². The highest BCUT2D eigenvalue weighted by molar-refractivity contribution is 5.74. The molecule has 2 heteroatoms. The second-order valence-corrected chi connectivity index (χ2v) is 4.57. The molecule has 3 rings (SSSR count). The van der Waals surface area contributed by atoms with Gasteiger partial charge in [-0.1, -0.05) is 48.0 Å². The number of rotatable bonds is 0. The summed E-state index contributed by atoms with van der Waals surface area (Å²) in [5.74, 6) is 0. The minimum atomic E-state index is -0.834. The summed E-state index contributed by atoms with van der Waals surface area (Å²) in [7, 11) is 0. The second kappa shape index (κ2) is 3.69. The van der Waals surface area contributed by atoms with E-state index >= 15 is 0 Å². The molecule has 2 unspecified atom stereocenters. The van der Waals surface area contributed by atoms with Crippen LogP contribution in [0.25, 0.3) is 11.1 Å².